The molecule has 2 aromatic rings. The average Bonchev–Trinajstić information content (AvgIpc) is 2.45. The number of hydrogen-bond acceptors (Lipinski definition) is 4. The zero-order valence-electron chi connectivity index (χ0n) is 10.5. The Morgan fingerprint density at radius 1 is 1.00 bits per heavy atom. The van der Waals surface area contributed by atoms with E-state index in [1.165, 1.54) is 0 Å². The molecule has 0 spiro atoms. The van der Waals surface area contributed by atoms with Gasteiger partial charge in [0, 0.05) is 11.3 Å². The summed E-state index contributed by atoms with van der Waals surface area (Å²) in [5.74, 6) is -0.139. The zero-order valence-corrected chi connectivity index (χ0v) is 12.1. The fourth-order valence-corrected chi connectivity index (χ4v) is 2.66. The zero-order chi connectivity index (χ0) is 14.5. The van der Waals surface area contributed by atoms with Crippen LogP contribution >= 0.6 is 23.4 Å². The lowest BCUT2D eigenvalue weighted by molar-refractivity contribution is 0.101. The monoisotopic (exact) mass is 305 g/mol. The number of halogens is 1. The molecule has 2 aromatic carbocycles. The van der Waals surface area contributed by atoms with E-state index in [0.717, 1.165) is 11.8 Å². The van der Waals surface area contributed by atoms with Crippen LogP contribution in [-0.4, -0.2) is 16.7 Å². The van der Waals surface area contributed by atoms with E-state index in [2.05, 4.69) is 0 Å². The lowest BCUT2D eigenvalue weighted by Gasteiger charge is -2.05. The number of nitrogens with two attached hydrogens (primary N) is 1. The maximum Gasteiger partial charge on any atom is 0.221 e. The number of thioether (sulfide) groups is 1. The Kier molecular flexibility index (Phi) is 4.82. The van der Waals surface area contributed by atoms with Crippen molar-refractivity contribution in [2.24, 2.45) is 0 Å². The normalized spacial score (nSPS) is 10.2. The van der Waals surface area contributed by atoms with Crippen molar-refractivity contribution in [3.8, 4) is 0 Å². The largest absolute Gasteiger partial charge is 0.398 e. The summed E-state index contributed by atoms with van der Waals surface area (Å²) in [5.41, 5.74) is 6.98. The Bertz CT molecular complexity index is 600. The summed E-state index contributed by atoms with van der Waals surface area (Å²) in [4.78, 5) is 24.0. The van der Waals surface area contributed by atoms with Gasteiger partial charge in [-0.15, -0.1) is 0 Å². The molecular weight excluding hydrogens is 294 g/mol. The second kappa shape index (κ2) is 6.59. The summed E-state index contributed by atoms with van der Waals surface area (Å²) in [7, 11) is 0. The van der Waals surface area contributed by atoms with Crippen LogP contribution in [0.4, 0.5) is 5.69 Å². The number of nitrogen functional groups attached to an aromatic ring is 1. The van der Waals surface area contributed by atoms with Crippen LogP contribution in [0, 0.1) is 0 Å². The summed E-state index contributed by atoms with van der Waals surface area (Å²) in [6.07, 6.45) is 0. The molecule has 2 rings (SSSR count). The standard InChI is InChI=1S/C15H12ClNO2S/c16-12-7-3-1-5-10(12)14(18)9-20-15(19)11-6-2-4-8-13(11)17/h1-8H,9,17H2. The minimum absolute atomic E-state index is 0.0386. The summed E-state index contributed by atoms with van der Waals surface area (Å²) in [6, 6.07) is 13.6. The van der Waals surface area contributed by atoms with E-state index >= 15 is 0 Å². The van der Waals surface area contributed by atoms with Gasteiger partial charge in [0.15, 0.2) is 5.78 Å². The molecule has 5 heteroatoms. The van der Waals surface area contributed by atoms with E-state index in [9.17, 15) is 9.59 Å². The predicted octanol–water partition coefficient (Wildman–Crippen LogP) is 3.68. The number of anilines is 1. The molecule has 102 valence electrons. The fourth-order valence-electron chi connectivity index (χ4n) is 1.66. The van der Waals surface area contributed by atoms with E-state index in [1.54, 1.807) is 48.5 Å². The number of carbonyl (C=O) groups is 2. The molecule has 0 atom stereocenters. The van der Waals surface area contributed by atoms with Gasteiger partial charge in [-0.05, 0) is 24.3 Å². The van der Waals surface area contributed by atoms with Gasteiger partial charge in [-0.3, -0.25) is 9.59 Å². The van der Waals surface area contributed by atoms with Gasteiger partial charge in [-0.25, -0.2) is 0 Å². The van der Waals surface area contributed by atoms with Crippen molar-refractivity contribution in [2.45, 2.75) is 0 Å². The molecule has 0 saturated carbocycles. The third-order valence-electron chi connectivity index (χ3n) is 2.69. The van der Waals surface area contributed by atoms with Crippen LogP contribution in [0.1, 0.15) is 20.7 Å². The van der Waals surface area contributed by atoms with E-state index in [4.69, 9.17) is 17.3 Å². The second-order valence-corrected chi connectivity index (χ2v) is 5.42. The topological polar surface area (TPSA) is 60.2 Å². The highest BCUT2D eigenvalue weighted by Gasteiger charge is 2.15. The van der Waals surface area contributed by atoms with Crippen LogP contribution in [0.25, 0.3) is 0 Å². The van der Waals surface area contributed by atoms with Gasteiger partial charge in [0.05, 0.1) is 16.3 Å². The lowest BCUT2D eigenvalue weighted by atomic mass is 10.1. The molecule has 0 saturated heterocycles. The van der Waals surface area contributed by atoms with Crippen molar-refractivity contribution in [1.82, 2.24) is 0 Å². The number of Topliss-reactive ketones (excluding diaryl/α,β-unsaturated/α-hetero) is 1. The smallest absolute Gasteiger partial charge is 0.221 e. The lowest BCUT2D eigenvalue weighted by Crippen LogP contribution is -2.07. The Morgan fingerprint density at radius 2 is 1.60 bits per heavy atom. The summed E-state index contributed by atoms with van der Waals surface area (Å²) in [6.45, 7) is 0. The highest BCUT2D eigenvalue weighted by Crippen LogP contribution is 2.21. The minimum Gasteiger partial charge on any atom is -0.398 e. The molecule has 3 nitrogen and oxygen atoms in total. The van der Waals surface area contributed by atoms with Crippen molar-refractivity contribution in [2.75, 3.05) is 11.5 Å². The molecule has 0 aliphatic carbocycles. The first kappa shape index (κ1) is 14.6. The maximum absolute atomic E-state index is 12.0. The van der Waals surface area contributed by atoms with Gasteiger partial charge >= 0.3 is 0 Å². The Hall–Kier alpha value is -1.78. The molecule has 20 heavy (non-hydrogen) atoms. The molecule has 0 unspecified atom stereocenters. The van der Waals surface area contributed by atoms with Gasteiger partial charge < -0.3 is 5.73 Å². The Labute approximate surface area is 126 Å². The molecule has 0 aliphatic rings. The predicted molar refractivity (Wildman–Crippen MR) is 83.4 cm³/mol. The number of para-hydroxylation sites is 1. The van der Waals surface area contributed by atoms with Gasteiger partial charge in [-0.2, -0.15) is 0 Å². The minimum atomic E-state index is -0.219. The van der Waals surface area contributed by atoms with Crippen LogP contribution < -0.4 is 5.73 Å². The van der Waals surface area contributed by atoms with E-state index in [0.29, 0.717) is 21.8 Å². The third kappa shape index (κ3) is 3.40. The highest BCUT2D eigenvalue weighted by molar-refractivity contribution is 8.14. The highest BCUT2D eigenvalue weighted by atomic mass is 35.5. The van der Waals surface area contributed by atoms with Crippen molar-refractivity contribution in [3.05, 3.63) is 64.7 Å². The number of hydrogen-bond donors (Lipinski definition) is 1. The van der Waals surface area contributed by atoms with Gasteiger partial charge in [0.1, 0.15) is 0 Å². The quantitative estimate of drug-likeness (QED) is 0.691. The summed E-state index contributed by atoms with van der Waals surface area (Å²) >= 11 is 6.87. The van der Waals surface area contributed by atoms with E-state index in [-0.39, 0.29) is 16.7 Å². The summed E-state index contributed by atoms with van der Waals surface area (Å²) < 4.78 is 0. The first-order valence-corrected chi connectivity index (χ1v) is 7.25. The van der Waals surface area contributed by atoms with Crippen LogP contribution in [-0.2, 0) is 0 Å². The summed E-state index contributed by atoms with van der Waals surface area (Å²) in [5, 5.41) is 0.174. The van der Waals surface area contributed by atoms with Crippen LogP contribution in [0.15, 0.2) is 48.5 Å². The SMILES string of the molecule is Nc1ccccc1C(=O)SCC(=O)c1ccccc1Cl. The third-order valence-corrected chi connectivity index (χ3v) is 3.91. The van der Waals surface area contributed by atoms with Crippen molar-refractivity contribution < 1.29 is 9.59 Å². The Morgan fingerprint density at radius 3 is 2.25 bits per heavy atom. The molecule has 0 bridgehead atoms. The maximum atomic E-state index is 12.0. The Balaban J connectivity index is 2.03. The first-order chi connectivity index (χ1) is 9.59. The van der Waals surface area contributed by atoms with Gasteiger partial charge in [-0.1, -0.05) is 47.6 Å². The van der Waals surface area contributed by atoms with Gasteiger partial charge in [0.2, 0.25) is 5.12 Å². The van der Waals surface area contributed by atoms with Crippen molar-refractivity contribution >= 4 is 39.9 Å². The van der Waals surface area contributed by atoms with Crippen LogP contribution in [0.3, 0.4) is 0 Å². The molecule has 0 heterocycles. The van der Waals surface area contributed by atoms with Gasteiger partial charge in [0.25, 0.3) is 0 Å². The molecule has 0 radical (unpaired) electrons. The van der Waals surface area contributed by atoms with Crippen molar-refractivity contribution in [3.63, 3.8) is 0 Å². The fraction of sp³-hybridized carbons (Fsp3) is 0.0667. The van der Waals surface area contributed by atoms with E-state index in [1.807, 2.05) is 0 Å². The molecular formula is C15H12ClNO2S. The van der Waals surface area contributed by atoms with Crippen LogP contribution in [0.5, 0.6) is 0 Å². The average molecular weight is 306 g/mol. The molecule has 0 aromatic heterocycles. The number of ketones is 1. The number of benzene rings is 2. The first-order valence-electron chi connectivity index (χ1n) is 5.89. The number of rotatable bonds is 4. The molecule has 0 aliphatic heterocycles. The van der Waals surface area contributed by atoms with E-state index < -0.39 is 0 Å². The molecule has 0 amide bonds. The number of carbonyl (C=O) groups excluding carboxylic acids is 2. The second-order valence-electron chi connectivity index (χ2n) is 4.07. The van der Waals surface area contributed by atoms with Crippen molar-refractivity contribution in [1.29, 1.82) is 0 Å². The molecule has 2 N–H and O–H groups in total. The molecule has 0 fully saturated rings. The van der Waals surface area contributed by atoms with Crippen LogP contribution in [0.2, 0.25) is 5.02 Å².